The van der Waals surface area contributed by atoms with Crippen molar-refractivity contribution in [3.05, 3.63) is 39.5 Å². The van der Waals surface area contributed by atoms with Gasteiger partial charge in [0.05, 0.1) is 11.1 Å². The van der Waals surface area contributed by atoms with E-state index >= 15 is 0 Å². The van der Waals surface area contributed by atoms with Crippen molar-refractivity contribution in [2.24, 2.45) is 5.11 Å². The molecule has 0 aromatic carbocycles. The van der Waals surface area contributed by atoms with Crippen LogP contribution in [0.2, 0.25) is 5.02 Å². The second-order valence-electron chi connectivity index (χ2n) is 3.15. The van der Waals surface area contributed by atoms with E-state index in [2.05, 4.69) is 15.0 Å². The molecule has 2 N–H and O–H groups in total. The molecule has 0 aliphatic carbocycles. The molecule has 86 valence electrons. The minimum absolute atomic E-state index is 0.122. The standard InChI is InChI=1S/C9H11ClN4O2/c10-7-5-12-3-1-6(7)9(16)8(15)2-4-13-14-11/h1,3,5,8-9,15-16H,2,4H2. The van der Waals surface area contributed by atoms with Crippen LogP contribution in [0, 0.1) is 0 Å². The fraction of sp³-hybridized carbons (Fsp3) is 0.444. The van der Waals surface area contributed by atoms with Crippen molar-refractivity contribution in [3.8, 4) is 0 Å². The lowest BCUT2D eigenvalue weighted by atomic mass is 10.0. The van der Waals surface area contributed by atoms with Crippen molar-refractivity contribution in [1.82, 2.24) is 4.98 Å². The van der Waals surface area contributed by atoms with Crippen molar-refractivity contribution in [1.29, 1.82) is 0 Å². The van der Waals surface area contributed by atoms with Crippen molar-refractivity contribution in [2.45, 2.75) is 18.6 Å². The van der Waals surface area contributed by atoms with Gasteiger partial charge >= 0.3 is 0 Å². The highest BCUT2D eigenvalue weighted by Crippen LogP contribution is 2.25. The summed E-state index contributed by atoms with van der Waals surface area (Å²) < 4.78 is 0. The quantitative estimate of drug-likeness (QED) is 0.468. The van der Waals surface area contributed by atoms with Gasteiger partial charge < -0.3 is 10.2 Å². The summed E-state index contributed by atoms with van der Waals surface area (Å²) in [6.45, 7) is 0.122. The first-order valence-corrected chi connectivity index (χ1v) is 5.01. The first-order chi connectivity index (χ1) is 7.66. The molecule has 2 unspecified atom stereocenters. The number of aliphatic hydroxyl groups is 2. The average molecular weight is 243 g/mol. The Morgan fingerprint density at radius 2 is 2.31 bits per heavy atom. The van der Waals surface area contributed by atoms with Gasteiger partial charge in [-0.1, -0.05) is 16.7 Å². The van der Waals surface area contributed by atoms with Gasteiger partial charge in [-0.3, -0.25) is 4.98 Å². The van der Waals surface area contributed by atoms with Crippen LogP contribution in [0.25, 0.3) is 10.4 Å². The maximum Gasteiger partial charge on any atom is 0.106 e. The maximum absolute atomic E-state index is 9.77. The summed E-state index contributed by atoms with van der Waals surface area (Å²) in [7, 11) is 0. The second-order valence-corrected chi connectivity index (χ2v) is 3.56. The van der Waals surface area contributed by atoms with E-state index in [1.165, 1.54) is 18.5 Å². The molecular formula is C9H11ClN4O2. The summed E-state index contributed by atoms with van der Waals surface area (Å²) in [5.41, 5.74) is 8.47. The Labute approximate surface area is 97.1 Å². The Bertz CT molecular complexity index is 395. The third kappa shape index (κ3) is 3.36. The molecule has 6 nitrogen and oxygen atoms in total. The Morgan fingerprint density at radius 3 is 2.94 bits per heavy atom. The minimum atomic E-state index is -1.11. The van der Waals surface area contributed by atoms with Crippen LogP contribution in [0.5, 0.6) is 0 Å². The fourth-order valence-corrected chi connectivity index (χ4v) is 1.46. The van der Waals surface area contributed by atoms with Crippen molar-refractivity contribution in [2.75, 3.05) is 6.54 Å². The summed E-state index contributed by atoms with van der Waals surface area (Å²) >= 11 is 5.81. The van der Waals surface area contributed by atoms with Gasteiger partial charge in [0.2, 0.25) is 0 Å². The number of azide groups is 1. The second kappa shape index (κ2) is 6.30. The van der Waals surface area contributed by atoms with E-state index in [4.69, 9.17) is 17.1 Å². The Hall–Kier alpha value is -1.33. The number of nitrogens with zero attached hydrogens (tertiary/aromatic N) is 4. The summed E-state index contributed by atoms with van der Waals surface area (Å²) in [4.78, 5) is 6.32. The Morgan fingerprint density at radius 1 is 1.56 bits per heavy atom. The molecular weight excluding hydrogens is 232 g/mol. The minimum Gasteiger partial charge on any atom is -0.390 e. The van der Waals surface area contributed by atoms with Crippen molar-refractivity contribution < 1.29 is 10.2 Å². The van der Waals surface area contributed by atoms with Crippen LogP contribution in [0.4, 0.5) is 0 Å². The van der Waals surface area contributed by atoms with E-state index in [9.17, 15) is 10.2 Å². The fourth-order valence-electron chi connectivity index (χ4n) is 1.23. The lowest BCUT2D eigenvalue weighted by Crippen LogP contribution is -2.19. The van der Waals surface area contributed by atoms with E-state index in [1.807, 2.05) is 0 Å². The van der Waals surface area contributed by atoms with Crippen LogP contribution in [0.15, 0.2) is 23.6 Å². The first-order valence-electron chi connectivity index (χ1n) is 4.63. The van der Waals surface area contributed by atoms with Crippen LogP contribution in [0.3, 0.4) is 0 Å². The molecule has 2 atom stereocenters. The third-order valence-electron chi connectivity index (χ3n) is 2.08. The molecule has 1 heterocycles. The molecule has 0 bridgehead atoms. The van der Waals surface area contributed by atoms with Crippen LogP contribution in [0.1, 0.15) is 18.1 Å². The molecule has 0 aliphatic heterocycles. The van der Waals surface area contributed by atoms with Crippen LogP contribution in [-0.4, -0.2) is 27.8 Å². The topological polar surface area (TPSA) is 102 Å². The molecule has 1 aromatic heterocycles. The predicted molar refractivity (Wildman–Crippen MR) is 58.8 cm³/mol. The molecule has 16 heavy (non-hydrogen) atoms. The van der Waals surface area contributed by atoms with Crippen LogP contribution >= 0.6 is 11.6 Å². The zero-order valence-corrected chi connectivity index (χ0v) is 9.12. The highest BCUT2D eigenvalue weighted by Gasteiger charge is 2.19. The normalized spacial score (nSPS) is 13.9. The van der Waals surface area contributed by atoms with Gasteiger partial charge in [-0.05, 0) is 18.0 Å². The van der Waals surface area contributed by atoms with Gasteiger partial charge in [0, 0.05) is 29.4 Å². The zero-order valence-electron chi connectivity index (χ0n) is 8.36. The van der Waals surface area contributed by atoms with Gasteiger partial charge in [0.25, 0.3) is 0 Å². The number of aliphatic hydroxyl groups excluding tert-OH is 2. The average Bonchev–Trinajstić information content (AvgIpc) is 2.29. The van der Waals surface area contributed by atoms with E-state index in [-0.39, 0.29) is 18.0 Å². The van der Waals surface area contributed by atoms with E-state index in [1.54, 1.807) is 0 Å². The van der Waals surface area contributed by atoms with Gasteiger partial charge in [-0.2, -0.15) is 0 Å². The predicted octanol–water partition coefficient (Wildman–Crippen LogP) is 1.83. The highest BCUT2D eigenvalue weighted by molar-refractivity contribution is 6.31. The lowest BCUT2D eigenvalue weighted by Gasteiger charge is -2.17. The smallest absolute Gasteiger partial charge is 0.106 e. The van der Waals surface area contributed by atoms with Crippen LogP contribution < -0.4 is 0 Å². The Balaban J connectivity index is 2.66. The summed E-state index contributed by atoms with van der Waals surface area (Å²) in [5.74, 6) is 0. The molecule has 0 amide bonds. The number of hydrogen-bond donors (Lipinski definition) is 2. The van der Waals surface area contributed by atoms with Crippen molar-refractivity contribution in [3.63, 3.8) is 0 Å². The number of aromatic nitrogens is 1. The van der Waals surface area contributed by atoms with Gasteiger partial charge in [-0.15, -0.1) is 0 Å². The molecule has 0 fully saturated rings. The van der Waals surface area contributed by atoms with E-state index < -0.39 is 12.2 Å². The number of rotatable bonds is 5. The monoisotopic (exact) mass is 242 g/mol. The van der Waals surface area contributed by atoms with E-state index in [0.29, 0.717) is 5.56 Å². The molecule has 0 saturated carbocycles. The molecule has 0 spiro atoms. The largest absolute Gasteiger partial charge is 0.390 e. The maximum atomic E-state index is 9.77. The van der Waals surface area contributed by atoms with E-state index in [0.717, 1.165) is 0 Å². The number of halogens is 1. The number of hydrogen-bond acceptors (Lipinski definition) is 4. The highest BCUT2D eigenvalue weighted by atomic mass is 35.5. The van der Waals surface area contributed by atoms with Crippen molar-refractivity contribution >= 4 is 11.6 Å². The molecule has 7 heteroatoms. The van der Waals surface area contributed by atoms with Crippen LogP contribution in [-0.2, 0) is 0 Å². The number of pyridine rings is 1. The molecule has 0 radical (unpaired) electrons. The first kappa shape index (κ1) is 12.7. The summed E-state index contributed by atoms with van der Waals surface area (Å²) in [6.07, 6.45) is 0.907. The lowest BCUT2D eigenvalue weighted by molar-refractivity contribution is 0.0150. The Kier molecular flexibility index (Phi) is 5.01. The molecule has 1 rings (SSSR count). The molecule has 0 aliphatic rings. The molecule has 0 saturated heterocycles. The summed E-state index contributed by atoms with van der Waals surface area (Å²) in [5, 5.41) is 22.9. The van der Waals surface area contributed by atoms with Gasteiger partial charge in [0.1, 0.15) is 6.10 Å². The third-order valence-corrected chi connectivity index (χ3v) is 2.39. The van der Waals surface area contributed by atoms with Gasteiger partial charge in [0.15, 0.2) is 0 Å². The molecule has 1 aromatic rings. The SMILES string of the molecule is [N-]=[N+]=NCCC(O)C(O)c1ccncc1Cl. The van der Waals surface area contributed by atoms with Gasteiger partial charge in [-0.25, -0.2) is 0 Å². The zero-order chi connectivity index (χ0) is 12.0. The summed E-state index contributed by atoms with van der Waals surface area (Å²) in [6, 6.07) is 1.53.